The molecule has 0 aliphatic carbocycles. The highest BCUT2D eigenvalue weighted by molar-refractivity contribution is 6.33. The molecule has 0 aliphatic heterocycles. The van der Waals surface area contributed by atoms with E-state index in [0.29, 0.717) is 0 Å². The van der Waals surface area contributed by atoms with Crippen LogP contribution in [-0.4, -0.2) is 17.3 Å². The lowest BCUT2D eigenvalue weighted by Crippen LogP contribution is -2.35. The summed E-state index contributed by atoms with van der Waals surface area (Å²) < 4.78 is 55.7. The molecule has 0 heterocycles. The summed E-state index contributed by atoms with van der Waals surface area (Å²) in [7, 11) is 0. The zero-order chi connectivity index (χ0) is 8.58. The molecule has 0 saturated carbocycles. The van der Waals surface area contributed by atoms with E-state index in [-0.39, 0.29) is 0 Å². The molecule has 1 nitrogen and oxygen atoms in total. The highest BCUT2D eigenvalue weighted by atomic mass is 35.5. The van der Waals surface area contributed by atoms with Crippen molar-refractivity contribution in [2.24, 2.45) is 0 Å². The van der Waals surface area contributed by atoms with Crippen molar-refractivity contribution in [1.82, 2.24) is 0 Å². The average molecular weight is 182 g/mol. The zero-order valence-electron chi connectivity index (χ0n) is 4.18. The Kier molecular flexibility index (Phi) is 2.24. The van der Waals surface area contributed by atoms with Crippen molar-refractivity contribution in [3.8, 4) is 0 Å². The molecule has 0 radical (unpaired) electrons. The van der Waals surface area contributed by atoms with Crippen LogP contribution in [0.1, 0.15) is 0 Å². The van der Waals surface area contributed by atoms with E-state index in [4.69, 9.17) is 0 Å². The van der Waals surface area contributed by atoms with Crippen LogP contribution in [0.4, 0.5) is 22.0 Å². The Labute approximate surface area is 56.8 Å². The summed E-state index contributed by atoms with van der Waals surface area (Å²) in [5.74, 6) is -3.25. The van der Waals surface area contributed by atoms with Crippen molar-refractivity contribution in [3.63, 3.8) is 0 Å². The molecule has 0 aromatic rings. The first-order valence-electron chi connectivity index (χ1n) is 1.84. The van der Waals surface area contributed by atoms with Crippen LogP contribution in [0.2, 0.25) is 0 Å². The number of hydrogen-bond donors (Lipinski definition) is 0. The number of alkyl halides is 6. The van der Waals surface area contributed by atoms with Gasteiger partial charge in [-0.1, -0.05) is 0 Å². The van der Waals surface area contributed by atoms with Crippen molar-refractivity contribution in [3.05, 3.63) is 0 Å². The molecule has 0 rings (SSSR count). The van der Waals surface area contributed by atoms with Gasteiger partial charge in [0.05, 0.1) is 0 Å². The fourth-order valence-corrected chi connectivity index (χ4v) is 0.268. The molecule has 7 heteroatoms. The first kappa shape index (κ1) is 9.61. The molecule has 0 N–H and O–H groups in total. The van der Waals surface area contributed by atoms with Crippen LogP contribution in [0.25, 0.3) is 0 Å². The predicted octanol–water partition coefficient (Wildman–Crippen LogP) is 1.95. The van der Waals surface area contributed by atoms with E-state index in [1.54, 1.807) is 0 Å². The molecule has 0 aromatic carbocycles. The second-order valence-corrected chi connectivity index (χ2v) is 1.80. The minimum absolute atomic E-state index is 3.25. The van der Waals surface area contributed by atoms with Crippen molar-refractivity contribution in [2.45, 2.75) is 11.6 Å². The van der Waals surface area contributed by atoms with Gasteiger partial charge in [0.15, 0.2) is 0 Å². The van der Waals surface area contributed by atoms with Crippen LogP contribution in [0, 0.1) is 0 Å². The number of rotatable bonds is 1. The molecule has 0 unspecified atom stereocenters. The van der Waals surface area contributed by atoms with Gasteiger partial charge in [0.2, 0.25) is 0 Å². The molecular weight excluding hydrogens is 182 g/mol. The Morgan fingerprint density at radius 2 is 1.40 bits per heavy atom. The van der Waals surface area contributed by atoms with E-state index in [1.807, 2.05) is 0 Å². The molecule has 0 bridgehead atoms. The van der Waals surface area contributed by atoms with E-state index in [1.165, 1.54) is 0 Å². The Hall–Kier alpha value is -0.390. The average Bonchev–Trinajstić information content (AvgIpc) is 1.59. The third-order valence-electron chi connectivity index (χ3n) is 0.515. The van der Waals surface area contributed by atoms with Gasteiger partial charge in [0, 0.05) is 0 Å². The molecule has 60 valence electrons. The van der Waals surface area contributed by atoms with Gasteiger partial charge in [-0.2, -0.15) is 22.0 Å². The predicted molar refractivity (Wildman–Crippen MR) is 21.9 cm³/mol. The number of ketones is 1. The third-order valence-corrected chi connectivity index (χ3v) is 0.687. The maximum Gasteiger partial charge on any atom is 0.457 e. The standard InChI is InChI=1S/C3ClF5O/c4-2(5,6)1(10)3(7,8)9. The SMILES string of the molecule is O=C(C(F)(F)F)C(F)(F)Cl. The molecule has 0 saturated heterocycles. The summed E-state index contributed by atoms with van der Waals surface area (Å²) in [6.45, 7) is 0. The fraction of sp³-hybridized carbons (Fsp3) is 0.667. The lowest BCUT2D eigenvalue weighted by atomic mass is 10.4. The first-order valence-corrected chi connectivity index (χ1v) is 2.22. The van der Waals surface area contributed by atoms with Gasteiger partial charge < -0.3 is 0 Å². The topological polar surface area (TPSA) is 17.1 Å². The second kappa shape index (κ2) is 2.34. The number of carbonyl (C=O) groups excluding carboxylic acids is 1. The quantitative estimate of drug-likeness (QED) is 0.447. The van der Waals surface area contributed by atoms with Crippen LogP contribution < -0.4 is 0 Å². The number of Topliss-reactive ketones (excluding diaryl/α,β-unsaturated/α-hetero) is 1. The Morgan fingerprint density at radius 3 is 1.40 bits per heavy atom. The molecule has 0 spiro atoms. The molecule has 10 heavy (non-hydrogen) atoms. The summed E-state index contributed by atoms with van der Waals surface area (Å²) in [6.07, 6.45) is -5.58. The molecular formula is C3ClF5O. The highest BCUT2D eigenvalue weighted by Gasteiger charge is 2.53. The molecule has 0 fully saturated rings. The van der Waals surface area contributed by atoms with Crippen molar-refractivity contribution >= 4 is 17.4 Å². The Balaban J connectivity index is 4.40. The van der Waals surface area contributed by atoms with E-state index in [2.05, 4.69) is 11.6 Å². The number of hydrogen-bond acceptors (Lipinski definition) is 1. The number of halogens is 6. The fourth-order valence-electron chi connectivity index (χ4n) is 0.161. The van der Waals surface area contributed by atoms with Gasteiger partial charge in [0.25, 0.3) is 0 Å². The monoisotopic (exact) mass is 182 g/mol. The van der Waals surface area contributed by atoms with Crippen LogP contribution in [-0.2, 0) is 4.79 Å². The van der Waals surface area contributed by atoms with Crippen LogP contribution in [0.15, 0.2) is 0 Å². The lowest BCUT2D eigenvalue weighted by molar-refractivity contribution is -0.186. The van der Waals surface area contributed by atoms with Crippen LogP contribution in [0.5, 0.6) is 0 Å². The van der Waals surface area contributed by atoms with Gasteiger partial charge in [-0.25, -0.2) is 0 Å². The van der Waals surface area contributed by atoms with Crippen LogP contribution >= 0.6 is 11.6 Å². The summed E-state index contributed by atoms with van der Waals surface area (Å²) in [5, 5.41) is -4.85. The molecule has 0 atom stereocenters. The van der Waals surface area contributed by atoms with Crippen molar-refractivity contribution in [1.29, 1.82) is 0 Å². The first-order chi connectivity index (χ1) is 4.15. The summed E-state index contributed by atoms with van der Waals surface area (Å²) >= 11 is 3.77. The smallest absolute Gasteiger partial charge is 0.281 e. The van der Waals surface area contributed by atoms with E-state index in [9.17, 15) is 26.7 Å². The molecule has 0 amide bonds. The van der Waals surface area contributed by atoms with Gasteiger partial charge in [-0.3, -0.25) is 4.79 Å². The Bertz CT molecular complexity index is 128. The maximum absolute atomic E-state index is 11.3. The summed E-state index contributed by atoms with van der Waals surface area (Å²) in [5.41, 5.74) is 0. The van der Waals surface area contributed by atoms with E-state index >= 15 is 0 Å². The maximum atomic E-state index is 11.3. The second-order valence-electron chi connectivity index (χ2n) is 1.32. The minimum Gasteiger partial charge on any atom is -0.281 e. The van der Waals surface area contributed by atoms with Gasteiger partial charge in [0.1, 0.15) is 0 Å². The number of carbonyl (C=O) groups is 1. The highest BCUT2D eigenvalue weighted by Crippen LogP contribution is 2.30. The van der Waals surface area contributed by atoms with E-state index < -0.39 is 17.3 Å². The summed E-state index contributed by atoms with van der Waals surface area (Å²) in [6, 6.07) is 0. The van der Waals surface area contributed by atoms with Gasteiger partial charge in [-0.15, -0.1) is 0 Å². The van der Waals surface area contributed by atoms with Gasteiger partial charge >= 0.3 is 17.3 Å². The lowest BCUT2D eigenvalue weighted by Gasteiger charge is -2.08. The third kappa shape index (κ3) is 2.47. The van der Waals surface area contributed by atoms with Gasteiger partial charge in [-0.05, 0) is 11.6 Å². The Morgan fingerprint density at radius 1 is 1.10 bits per heavy atom. The van der Waals surface area contributed by atoms with Crippen molar-refractivity contribution < 1.29 is 26.7 Å². The largest absolute Gasteiger partial charge is 0.457 e. The van der Waals surface area contributed by atoms with E-state index in [0.717, 1.165) is 0 Å². The molecule has 0 aliphatic rings. The summed E-state index contributed by atoms with van der Waals surface area (Å²) in [4.78, 5) is 9.48. The normalized spacial score (nSPS) is 13.4. The van der Waals surface area contributed by atoms with Crippen molar-refractivity contribution in [2.75, 3.05) is 0 Å². The minimum atomic E-state index is -5.58. The zero-order valence-corrected chi connectivity index (χ0v) is 4.93. The molecule has 0 aromatic heterocycles. The van der Waals surface area contributed by atoms with Crippen LogP contribution in [0.3, 0.4) is 0 Å².